The molecule has 81 heavy (non-hydrogen) atoms. The molecule has 0 radical (unpaired) electrons. The predicted octanol–water partition coefficient (Wildman–Crippen LogP) is 25.3. The summed E-state index contributed by atoms with van der Waals surface area (Å²) in [7, 11) is 0. The van der Waals surface area contributed by atoms with E-state index in [-0.39, 0.29) is 31.1 Å². The lowest BCUT2D eigenvalue weighted by molar-refractivity contribution is -0.167. The summed E-state index contributed by atoms with van der Waals surface area (Å²) in [5.41, 5.74) is 0. The molecule has 1 atom stereocenters. The van der Waals surface area contributed by atoms with Crippen LogP contribution in [0.3, 0.4) is 0 Å². The summed E-state index contributed by atoms with van der Waals surface area (Å²) in [6.45, 7) is 6.69. The van der Waals surface area contributed by atoms with Crippen molar-refractivity contribution >= 4 is 17.9 Å². The number of ether oxygens (including phenoxy) is 3. The molecule has 0 rings (SSSR count). The zero-order valence-electron chi connectivity index (χ0n) is 55.1. The fraction of sp³-hybridized carbons (Fsp3) is 0.907. The lowest BCUT2D eigenvalue weighted by Gasteiger charge is -2.18. The first-order valence-corrected chi connectivity index (χ1v) is 36.8. The van der Waals surface area contributed by atoms with E-state index >= 15 is 0 Å². The fourth-order valence-electron chi connectivity index (χ4n) is 11.4. The van der Waals surface area contributed by atoms with Crippen LogP contribution in [-0.2, 0) is 28.6 Å². The molecule has 6 nitrogen and oxygen atoms in total. The smallest absolute Gasteiger partial charge is 0.306 e. The molecule has 0 aromatic heterocycles. The van der Waals surface area contributed by atoms with Gasteiger partial charge in [0.05, 0.1) is 0 Å². The minimum Gasteiger partial charge on any atom is -0.462 e. The van der Waals surface area contributed by atoms with Gasteiger partial charge in [-0.25, -0.2) is 0 Å². The highest BCUT2D eigenvalue weighted by molar-refractivity contribution is 5.71. The van der Waals surface area contributed by atoms with Crippen LogP contribution in [0.1, 0.15) is 419 Å². The molecular formula is C75H142O6. The third kappa shape index (κ3) is 68.6. The molecule has 0 saturated carbocycles. The Bertz CT molecular complexity index is 1310. The molecule has 1 unspecified atom stereocenters. The molecule has 0 aromatic rings. The van der Waals surface area contributed by atoms with Gasteiger partial charge in [-0.2, -0.15) is 0 Å². The van der Waals surface area contributed by atoms with Crippen molar-refractivity contribution in [2.75, 3.05) is 13.2 Å². The zero-order chi connectivity index (χ0) is 58.5. The number of carbonyl (C=O) groups is 3. The Hall–Kier alpha value is -2.11. The third-order valence-electron chi connectivity index (χ3n) is 16.9. The van der Waals surface area contributed by atoms with Crippen LogP contribution in [-0.4, -0.2) is 37.2 Å². The van der Waals surface area contributed by atoms with Gasteiger partial charge in [-0.05, 0) is 70.6 Å². The molecule has 0 bridgehead atoms. The van der Waals surface area contributed by atoms with E-state index in [0.717, 1.165) is 64.2 Å². The lowest BCUT2D eigenvalue weighted by Crippen LogP contribution is -2.30. The van der Waals surface area contributed by atoms with Crippen molar-refractivity contribution in [1.82, 2.24) is 0 Å². The first-order valence-electron chi connectivity index (χ1n) is 36.8. The van der Waals surface area contributed by atoms with E-state index in [1.165, 1.54) is 315 Å². The average Bonchev–Trinajstić information content (AvgIpc) is 3.47. The van der Waals surface area contributed by atoms with Crippen LogP contribution in [0.25, 0.3) is 0 Å². The molecule has 0 aliphatic heterocycles. The molecule has 0 saturated heterocycles. The van der Waals surface area contributed by atoms with Gasteiger partial charge in [-0.3, -0.25) is 14.4 Å². The molecule has 0 spiro atoms. The number of esters is 3. The van der Waals surface area contributed by atoms with E-state index in [2.05, 4.69) is 45.1 Å². The van der Waals surface area contributed by atoms with E-state index in [0.29, 0.717) is 19.3 Å². The van der Waals surface area contributed by atoms with Crippen molar-refractivity contribution in [3.05, 3.63) is 24.3 Å². The largest absolute Gasteiger partial charge is 0.462 e. The van der Waals surface area contributed by atoms with Crippen LogP contribution in [0.2, 0.25) is 0 Å². The topological polar surface area (TPSA) is 78.9 Å². The van der Waals surface area contributed by atoms with E-state index in [9.17, 15) is 14.4 Å². The minimum absolute atomic E-state index is 0.0686. The SMILES string of the molecule is CCCCC/C=C\CCCCCCCC(=O)OCC(COC(=O)CCCCCCCCCCCCCCCCCCCCCCCCCCCCCC)OC(=O)CCCCCCCCCCCCC/C=C\CCCCCCCCCC. The summed E-state index contributed by atoms with van der Waals surface area (Å²) in [4.78, 5) is 38.4. The van der Waals surface area contributed by atoms with Crippen molar-refractivity contribution in [3.63, 3.8) is 0 Å². The quantitative estimate of drug-likeness (QED) is 0.0261. The van der Waals surface area contributed by atoms with Crippen LogP contribution in [0, 0.1) is 0 Å². The molecular weight excluding hydrogens is 997 g/mol. The summed E-state index contributed by atoms with van der Waals surface area (Å²) in [5, 5.41) is 0. The Morgan fingerprint density at radius 3 is 0.642 bits per heavy atom. The van der Waals surface area contributed by atoms with Crippen LogP contribution in [0.5, 0.6) is 0 Å². The van der Waals surface area contributed by atoms with Crippen molar-refractivity contribution in [3.8, 4) is 0 Å². The molecule has 0 aromatic carbocycles. The minimum atomic E-state index is -0.773. The summed E-state index contributed by atoms with van der Waals surface area (Å²) in [6.07, 6.45) is 86.6. The maximum absolute atomic E-state index is 13.0. The molecule has 6 heteroatoms. The molecule has 0 heterocycles. The maximum Gasteiger partial charge on any atom is 0.306 e. The number of hydrogen-bond acceptors (Lipinski definition) is 6. The Morgan fingerprint density at radius 1 is 0.235 bits per heavy atom. The standard InChI is InChI=1S/C75H142O6/c1-4-7-10-13-16-19-22-25-27-29-31-33-35-36-37-38-39-41-42-44-46-48-50-53-56-59-62-65-68-74(77)80-71-72(70-79-73(76)67-64-61-58-55-52-24-21-18-15-12-9-6-3)81-75(78)69-66-63-60-57-54-51-49-47-45-43-40-34-32-30-28-26-23-20-17-14-11-8-5-2/h18,21,30,32,72H,4-17,19-20,22-29,31,33-71H2,1-3H3/b21-18-,32-30-. The Balaban J connectivity index is 4.16. The average molecular weight is 1140 g/mol. The van der Waals surface area contributed by atoms with Crippen molar-refractivity contribution in [1.29, 1.82) is 0 Å². The highest BCUT2D eigenvalue weighted by atomic mass is 16.6. The number of allylic oxidation sites excluding steroid dienone is 4. The Labute approximate surface area is 506 Å². The lowest BCUT2D eigenvalue weighted by atomic mass is 10.0. The van der Waals surface area contributed by atoms with Gasteiger partial charge in [0.2, 0.25) is 0 Å². The monoisotopic (exact) mass is 1140 g/mol. The second-order valence-electron chi connectivity index (χ2n) is 25.2. The molecule has 0 aliphatic carbocycles. The normalized spacial score (nSPS) is 12.1. The molecule has 478 valence electrons. The van der Waals surface area contributed by atoms with Gasteiger partial charge in [0.15, 0.2) is 6.10 Å². The Kier molecular flexibility index (Phi) is 68.5. The Morgan fingerprint density at radius 2 is 0.407 bits per heavy atom. The number of carbonyl (C=O) groups excluding carboxylic acids is 3. The van der Waals surface area contributed by atoms with E-state index in [1.807, 2.05) is 0 Å². The van der Waals surface area contributed by atoms with Gasteiger partial charge in [0.25, 0.3) is 0 Å². The highest BCUT2D eigenvalue weighted by Crippen LogP contribution is 2.19. The predicted molar refractivity (Wildman–Crippen MR) is 353 cm³/mol. The number of hydrogen-bond donors (Lipinski definition) is 0. The van der Waals surface area contributed by atoms with E-state index in [4.69, 9.17) is 14.2 Å². The second kappa shape index (κ2) is 70.4. The summed E-state index contributed by atoms with van der Waals surface area (Å²) < 4.78 is 17.0. The summed E-state index contributed by atoms with van der Waals surface area (Å²) in [6, 6.07) is 0. The first kappa shape index (κ1) is 78.9. The van der Waals surface area contributed by atoms with Gasteiger partial charge in [0.1, 0.15) is 13.2 Å². The van der Waals surface area contributed by atoms with Crippen LogP contribution < -0.4 is 0 Å². The van der Waals surface area contributed by atoms with Crippen LogP contribution in [0.15, 0.2) is 24.3 Å². The van der Waals surface area contributed by atoms with Crippen molar-refractivity contribution in [2.45, 2.75) is 425 Å². The number of rotatable bonds is 69. The van der Waals surface area contributed by atoms with E-state index in [1.54, 1.807) is 0 Å². The second-order valence-corrected chi connectivity index (χ2v) is 25.2. The maximum atomic E-state index is 13.0. The molecule has 0 N–H and O–H groups in total. The first-order chi connectivity index (χ1) is 40.0. The van der Waals surface area contributed by atoms with Crippen LogP contribution >= 0.6 is 0 Å². The molecule has 0 aliphatic rings. The summed E-state index contributed by atoms with van der Waals surface area (Å²) >= 11 is 0. The van der Waals surface area contributed by atoms with Gasteiger partial charge in [0, 0.05) is 19.3 Å². The highest BCUT2D eigenvalue weighted by Gasteiger charge is 2.20. The van der Waals surface area contributed by atoms with Crippen LogP contribution in [0.4, 0.5) is 0 Å². The van der Waals surface area contributed by atoms with Gasteiger partial charge >= 0.3 is 17.9 Å². The van der Waals surface area contributed by atoms with E-state index < -0.39 is 6.10 Å². The van der Waals surface area contributed by atoms with Crippen molar-refractivity contribution < 1.29 is 28.6 Å². The van der Waals surface area contributed by atoms with Gasteiger partial charge in [-0.1, -0.05) is 353 Å². The number of unbranched alkanes of at least 4 members (excludes halogenated alkanes) is 54. The zero-order valence-corrected chi connectivity index (χ0v) is 55.1. The van der Waals surface area contributed by atoms with Crippen molar-refractivity contribution in [2.24, 2.45) is 0 Å². The molecule has 0 amide bonds. The van der Waals surface area contributed by atoms with Gasteiger partial charge < -0.3 is 14.2 Å². The van der Waals surface area contributed by atoms with Gasteiger partial charge in [-0.15, -0.1) is 0 Å². The molecule has 0 fully saturated rings. The summed E-state index contributed by atoms with van der Waals surface area (Å²) in [5.74, 6) is -0.848. The third-order valence-corrected chi connectivity index (χ3v) is 16.9. The fourth-order valence-corrected chi connectivity index (χ4v) is 11.4.